The van der Waals surface area contributed by atoms with E-state index in [1.807, 2.05) is 22.6 Å². The van der Waals surface area contributed by atoms with E-state index in [4.69, 9.17) is 5.73 Å². The van der Waals surface area contributed by atoms with Gasteiger partial charge in [0.1, 0.15) is 11.6 Å². The Bertz CT molecular complexity index is 804. The predicted molar refractivity (Wildman–Crippen MR) is 87.1 cm³/mol. The van der Waals surface area contributed by atoms with Crippen LogP contribution in [-0.4, -0.2) is 29.7 Å². The normalized spacial score (nSPS) is 20.8. The first kappa shape index (κ1) is 14.8. The molecule has 3 rings (SSSR count). The second-order valence-electron chi connectivity index (χ2n) is 5.08. The number of hydrogen-bond acceptors (Lipinski definition) is 4. The molecular formula is C13H13FIN3O2S. The van der Waals surface area contributed by atoms with Crippen LogP contribution >= 0.6 is 22.6 Å². The van der Waals surface area contributed by atoms with Crippen LogP contribution in [0.2, 0.25) is 0 Å². The number of halogens is 2. The van der Waals surface area contributed by atoms with Crippen molar-refractivity contribution in [1.82, 2.24) is 9.78 Å². The molecule has 21 heavy (non-hydrogen) atoms. The molecule has 0 amide bonds. The van der Waals surface area contributed by atoms with E-state index < -0.39 is 9.84 Å². The van der Waals surface area contributed by atoms with Crippen LogP contribution in [-0.2, 0) is 9.84 Å². The summed E-state index contributed by atoms with van der Waals surface area (Å²) in [7, 11) is -3.00. The zero-order valence-electron chi connectivity index (χ0n) is 11.0. The largest absolute Gasteiger partial charge is 0.384 e. The fraction of sp³-hybridized carbons (Fsp3) is 0.308. The van der Waals surface area contributed by atoms with E-state index in [1.54, 1.807) is 16.8 Å². The molecule has 1 unspecified atom stereocenters. The summed E-state index contributed by atoms with van der Waals surface area (Å²) in [6.07, 6.45) is 0.522. The molecule has 5 nitrogen and oxygen atoms in total. The van der Waals surface area contributed by atoms with Crippen molar-refractivity contribution >= 4 is 38.2 Å². The van der Waals surface area contributed by atoms with Crippen LogP contribution in [0.25, 0.3) is 11.3 Å². The van der Waals surface area contributed by atoms with Gasteiger partial charge >= 0.3 is 0 Å². The van der Waals surface area contributed by atoms with Gasteiger partial charge in [-0.3, -0.25) is 0 Å². The zero-order valence-corrected chi connectivity index (χ0v) is 13.9. The summed E-state index contributed by atoms with van der Waals surface area (Å²) in [5.74, 6) is 0.351. The maximum Gasteiger partial charge on any atom is 0.152 e. The highest BCUT2D eigenvalue weighted by Crippen LogP contribution is 2.30. The Morgan fingerprint density at radius 2 is 2.14 bits per heavy atom. The number of nitrogens with zero attached hydrogens (tertiary/aromatic N) is 2. The topological polar surface area (TPSA) is 78.0 Å². The first-order valence-electron chi connectivity index (χ1n) is 6.36. The van der Waals surface area contributed by atoms with Gasteiger partial charge in [0.05, 0.1) is 23.2 Å². The van der Waals surface area contributed by atoms with Crippen LogP contribution in [0.5, 0.6) is 0 Å². The molecule has 1 aromatic carbocycles. The molecule has 0 radical (unpaired) electrons. The molecule has 2 aromatic rings. The summed E-state index contributed by atoms with van der Waals surface area (Å²) < 4.78 is 38.6. The molecule has 1 aliphatic heterocycles. The minimum atomic E-state index is -3.00. The summed E-state index contributed by atoms with van der Waals surface area (Å²) in [5, 5.41) is 4.42. The lowest BCUT2D eigenvalue weighted by atomic mass is 10.1. The maximum absolute atomic E-state index is 13.2. The molecule has 0 saturated carbocycles. The SMILES string of the molecule is Nc1cc(-c2ccc(F)cc2I)nn1C1CCS(=O)(=O)C1. The van der Waals surface area contributed by atoms with Gasteiger partial charge in [-0.2, -0.15) is 5.10 Å². The molecule has 0 spiro atoms. The van der Waals surface area contributed by atoms with Gasteiger partial charge in [0.25, 0.3) is 0 Å². The van der Waals surface area contributed by atoms with Crippen molar-refractivity contribution in [2.45, 2.75) is 12.5 Å². The number of nitrogen functional groups attached to an aromatic ring is 1. The van der Waals surface area contributed by atoms with E-state index in [9.17, 15) is 12.8 Å². The van der Waals surface area contributed by atoms with Gasteiger partial charge in [0, 0.05) is 15.2 Å². The molecule has 1 atom stereocenters. The van der Waals surface area contributed by atoms with Crippen LogP contribution < -0.4 is 5.73 Å². The number of nitrogens with two attached hydrogens (primary N) is 1. The smallest absolute Gasteiger partial charge is 0.152 e. The van der Waals surface area contributed by atoms with E-state index in [0.29, 0.717) is 17.9 Å². The molecule has 1 aromatic heterocycles. The van der Waals surface area contributed by atoms with Crippen LogP contribution in [0.4, 0.5) is 10.2 Å². The van der Waals surface area contributed by atoms with Gasteiger partial charge < -0.3 is 5.73 Å². The Labute approximate surface area is 135 Å². The first-order valence-corrected chi connectivity index (χ1v) is 9.26. The maximum atomic E-state index is 13.2. The third-order valence-electron chi connectivity index (χ3n) is 3.53. The third kappa shape index (κ3) is 2.91. The second-order valence-corrected chi connectivity index (χ2v) is 8.47. The number of anilines is 1. The molecule has 1 saturated heterocycles. The Morgan fingerprint density at radius 1 is 1.38 bits per heavy atom. The fourth-order valence-corrected chi connectivity index (χ4v) is 4.94. The van der Waals surface area contributed by atoms with Gasteiger partial charge in [-0.25, -0.2) is 17.5 Å². The van der Waals surface area contributed by atoms with Crippen molar-refractivity contribution in [3.8, 4) is 11.3 Å². The number of aromatic nitrogens is 2. The number of benzene rings is 1. The average Bonchev–Trinajstić information content (AvgIpc) is 2.92. The van der Waals surface area contributed by atoms with Gasteiger partial charge in [-0.15, -0.1) is 0 Å². The lowest BCUT2D eigenvalue weighted by Gasteiger charge is -2.10. The van der Waals surface area contributed by atoms with Crippen molar-refractivity contribution < 1.29 is 12.8 Å². The fourth-order valence-electron chi connectivity index (χ4n) is 2.50. The van der Waals surface area contributed by atoms with E-state index in [-0.39, 0.29) is 23.4 Å². The van der Waals surface area contributed by atoms with Crippen molar-refractivity contribution in [3.63, 3.8) is 0 Å². The number of hydrogen-bond donors (Lipinski definition) is 1. The van der Waals surface area contributed by atoms with Gasteiger partial charge in [0.2, 0.25) is 0 Å². The van der Waals surface area contributed by atoms with E-state index in [0.717, 1.165) is 9.13 Å². The minimum Gasteiger partial charge on any atom is -0.384 e. The zero-order chi connectivity index (χ0) is 15.2. The van der Waals surface area contributed by atoms with E-state index >= 15 is 0 Å². The average molecular weight is 421 g/mol. The van der Waals surface area contributed by atoms with Crippen molar-refractivity contribution in [3.05, 3.63) is 33.7 Å². The molecule has 2 heterocycles. The highest BCUT2D eigenvalue weighted by Gasteiger charge is 2.31. The minimum absolute atomic E-state index is 0.0683. The quantitative estimate of drug-likeness (QED) is 0.755. The molecule has 0 aliphatic carbocycles. The van der Waals surface area contributed by atoms with E-state index in [1.165, 1.54) is 12.1 Å². The Balaban J connectivity index is 1.98. The second kappa shape index (κ2) is 5.24. The molecule has 112 valence electrons. The summed E-state index contributed by atoms with van der Waals surface area (Å²) in [6.45, 7) is 0. The molecule has 2 N–H and O–H groups in total. The third-order valence-corrected chi connectivity index (χ3v) is 6.17. The Kier molecular flexibility index (Phi) is 3.68. The van der Waals surface area contributed by atoms with Crippen LogP contribution in [0.1, 0.15) is 12.5 Å². The van der Waals surface area contributed by atoms with Gasteiger partial charge in [-0.1, -0.05) is 0 Å². The molecule has 1 fully saturated rings. The number of sulfone groups is 1. The molecule has 1 aliphatic rings. The van der Waals surface area contributed by atoms with Crippen molar-refractivity contribution in [2.24, 2.45) is 0 Å². The summed E-state index contributed by atoms with van der Waals surface area (Å²) in [5.41, 5.74) is 7.36. The van der Waals surface area contributed by atoms with E-state index in [2.05, 4.69) is 5.10 Å². The molecular weight excluding hydrogens is 408 g/mol. The number of rotatable bonds is 2. The lowest BCUT2D eigenvalue weighted by Crippen LogP contribution is -2.14. The standard InChI is InChI=1S/C13H13FIN3O2S/c14-8-1-2-10(11(15)5-8)12-6-13(16)18(17-12)9-3-4-21(19,20)7-9/h1-2,5-6,9H,3-4,7,16H2. The Morgan fingerprint density at radius 3 is 2.76 bits per heavy atom. The first-order chi connectivity index (χ1) is 9.85. The lowest BCUT2D eigenvalue weighted by molar-refractivity contribution is 0.508. The summed E-state index contributed by atoms with van der Waals surface area (Å²) in [6, 6.07) is 5.91. The van der Waals surface area contributed by atoms with Crippen LogP contribution in [0.3, 0.4) is 0 Å². The molecule has 8 heteroatoms. The predicted octanol–water partition coefficient (Wildman–Crippen LogP) is 2.24. The van der Waals surface area contributed by atoms with Crippen LogP contribution in [0.15, 0.2) is 24.3 Å². The van der Waals surface area contributed by atoms with Gasteiger partial charge in [0.15, 0.2) is 9.84 Å². The van der Waals surface area contributed by atoms with Crippen molar-refractivity contribution in [1.29, 1.82) is 0 Å². The van der Waals surface area contributed by atoms with Gasteiger partial charge in [-0.05, 0) is 47.2 Å². The summed E-state index contributed by atoms with van der Waals surface area (Å²) in [4.78, 5) is 0. The Hall–Kier alpha value is -1.16. The van der Waals surface area contributed by atoms with Crippen LogP contribution in [0, 0.1) is 9.39 Å². The van der Waals surface area contributed by atoms with Crippen molar-refractivity contribution in [2.75, 3.05) is 17.2 Å². The highest BCUT2D eigenvalue weighted by atomic mass is 127. The monoisotopic (exact) mass is 421 g/mol. The molecule has 0 bridgehead atoms. The summed E-state index contributed by atoms with van der Waals surface area (Å²) >= 11 is 2.04. The highest BCUT2D eigenvalue weighted by molar-refractivity contribution is 14.1.